The van der Waals surface area contributed by atoms with Gasteiger partial charge >= 0.3 is 0 Å². The predicted octanol–water partition coefficient (Wildman–Crippen LogP) is 2.72. The van der Waals surface area contributed by atoms with Gasteiger partial charge in [-0.3, -0.25) is 4.79 Å². The van der Waals surface area contributed by atoms with Gasteiger partial charge in [0.25, 0.3) is 5.91 Å². The number of rotatable bonds is 4. The van der Waals surface area contributed by atoms with Gasteiger partial charge in [0.1, 0.15) is 18.5 Å². The molecular weight excluding hydrogens is 283 g/mol. The van der Waals surface area contributed by atoms with E-state index >= 15 is 0 Å². The van der Waals surface area contributed by atoms with Gasteiger partial charge in [0.2, 0.25) is 0 Å². The van der Waals surface area contributed by atoms with Crippen molar-refractivity contribution in [1.29, 1.82) is 0 Å². The number of carbonyl (C=O) groups excluding carboxylic acids is 1. The first-order valence-electron chi connectivity index (χ1n) is 6.69. The van der Waals surface area contributed by atoms with Gasteiger partial charge in [-0.1, -0.05) is 24.3 Å². The maximum atomic E-state index is 13.5. The molecule has 0 saturated heterocycles. The quantitative estimate of drug-likeness (QED) is 0.805. The smallest absolute Gasteiger partial charge is 0.258 e. The molecule has 0 atom stereocenters. The fourth-order valence-corrected chi connectivity index (χ4v) is 2.04. The number of aromatic nitrogens is 3. The third-order valence-electron chi connectivity index (χ3n) is 3.14. The second-order valence-electron chi connectivity index (χ2n) is 4.72. The summed E-state index contributed by atoms with van der Waals surface area (Å²) in [5.74, 6) is -1.01. The second-order valence-corrected chi connectivity index (χ2v) is 4.72. The highest BCUT2D eigenvalue weighted by molar-refractivity contribution is 6.04. The minimum atomic E-state index is -0.539. The maximum absolute atomic E-state index is 13.5. The van der Waals surface area contributed by atoms with E-state index in [-0.39, 0.29) is 5.56 Å². The van der Waals surface area contributed by atoms with Crippen molar-refractivity contribution in [2.75, 3.05) is 5.32 Å². The van der Waals surface area contributed by atoms with E-state index in [1.807, 2.05) is 12.1 Å². The second kappa shape index (κ2) is 6.17. The summed E-state index contributed by atoms with van der Waals surface area (Å²) < 4.78 is 15.2. The summed E-state index contributed by atoms with van der Waals surface area (Å²) in [5, 5.41) is 6.70. The summed E-state index contributed by atoms with van der Waals surface area (Å²) in [6, 6.07) is 13.2. The highest BCUT2D eigenvalue weighted by Crippen LogP contribution is 2.13. The number of anilines is 1. The number of benzene rings is 2. The molecule has 1 aromatic heterocycles. The van der Waals surface area contributed by atoms with Crippen LogP contribution in [0, 0.1) is 5.82 Å². The largest absolute Gasteiger partial charge is 0.322 e. The Morgan fingerprint density at radius 2 is 1.91 bits per heavy atom. The normalized spacial score (nSPS) is 10.4. The topological polar surface area (TPSA) is 59.8 Å². The van der Waals surface area contributed by atoms with Gasteiger partial charge in [0, 0.05) is 5.69 Å². The summed E-state index contributed by atoms with van der Waals surface area (Å²) in [6.07, 6.45) is 3.11. The van der Waals surface area contributed by atoms with Crippen LogP contribution in [0.15, 0.2) is 61.2 Å². The van der Waals surface area contributed by atoms with Gasteiger partial charge in [0.15, 0.2) is 0 Å². The molecule has 0 aliphatic heterocycles. The van der Waals surface area contributed by atoms with Crippen LogP contribution in [0.3, 0.4) is 0 Å². The summed E-state index contributed by atoms with van der Waals surface area (Å²) >= 11 is 0. The van der Waals surface area contributed by atoms with Crippen LogP contribution in [0.25, 0.3) is 0 Å². The van der Waals surface area contributed by atoms with E-state index in [0.29, 0.717) is 12.2 Å². The Hall–Kier alpha value is -3.02. The fourth-order valence-electron chi connectivity index (χ4n) is 2.04. The average molecular weight is 296 g/mol. The molecule has 0 fully saturated rings. The Morgan fingerprint density at radius 3 is 2.59 bits per heavy atom. The number of hydrogen-bond donors (Lipinski definition) is 1. The number of carbonyl (C=O) groups is 1. The third kappa shape index (κ3) is 3.17. The molecule has 110 valence electrons. The standard InChI is InChI=1S/C16H13FN4O/c17-15-4-2-1-3-14(15)16(22)20-13-7-5-12(6-8-13)9-21-11-18-10-19-21/h1-8,10-11H,9H2,(H,20,22). The summed E-state index contributed by atoms with van der Waals surface area (Å²) in [4.78, 5) is 15.9. The summed E-state index contributed by atoms with van der Waals surface area (Å²) in [6.45, 7) is 0.599. The Kier molecular flexibility index (Phi) is 3.91. The number of amides is 1. The van der Waals surface area contributed by atoms with Crippen molar-refractivity contribution >= 4 is 11.6 Å². The molecule has 0 saturated carbocycles. The van der Waals surface area contributed by atoms with E-state index in [1.165, 1.54) is 18.5 Å². The van der Waals surface area contributed by atoms with Crippen molar-refractivity contribution < 1.29 is 9.18 Å². The Bertz CT molecular complexity index is 769. The molecule has 2 aromatic carbocycles. The molecule has 0 unspecified atom stereocenters. The van der Waals surface area contributed by atoms with Crippen molar-refractivity contribution in [3.05, 3.63) is 78.1 Å². The van der Waals surface area contributed by atoms with Gasteiger partial charge in [-0.2, -0.15) is 5.10 Å². The molecule has 0 spiro atoms. The van der Waals surface area contributed by atoms with E-state index in [4.69, 9.17) is 0 Å². The van der Waals surface area contributed by atoms with E-state index in [2.05, 4.69) is 15.4 Å². The molecule has 3 rings (SSSR count). The fraction of sp³-hybridized carbons (Fsp3) is 0.0625. The van der Waals surface area contributed by atoms with Crippen molar-refractivity contribution in [2.45, 2.75) is 6.54 Å². The molecule has 3 aromatic rings. The van der Waals surface area contributed by atoms with Crippen LogP contribution in [0.1, 0.15) is 15.9 Å². The highest BCUT2D eigenvalue weighted by Gasteiger charge is 2.10. The number of nitrogens with zero attached hydrogens (tertiary/aromatic N) is 3. The van der Waals surface area contributed by atoms with E-state index in [1.54, 1.807) is 35.3 Å². The molecular formula is C16H13FN4O. The molecule has 22 heavy (non-hydrogen) atoms. The minimum absolute atomic E-state index is 0.0224. The zero-order valence-electron chi connectivity index (χ0n) is 11.6. The lowest BCUT2D eigenvalue weighted by atomic mass is 10.1. The molecule has 1 N–H and O–H groups in total. The van der Waals surface area contributed by atoms with Gasteiger partial charge in [-0.25, -0.2) is 14.1 Å². The first-order valence-corrected chi connectivity index (χ1v) is 6.69. The zero-order valence-corrected chi connectivity index (χ0v) is 11.6. The Morgan fingerprint density at radius 1 is 1.14 bits per heavy atom. The molecule has 0 bridgehead atoms. The third-order valence-corrected chi connectivity index (χ3v) is 3.14. The molecule has 6 heteroatoms. The molecule has 1 heterocycles. The SMILES string of the molecule is O=C(Nc1ccc(Cn2cncn2)cc1)c1ccccc1F. The first kappa shape index (κ1) is 13.9. The van der Waals surface area contributed by atoms with E-state index in [0.717, 1.165) is 5.56 Å². The van der Waals surface area contributed by atoms with Crippen molar-refractivity contribution in [2.24, 2.45) is 0 Å². The van der Waals surface area contributed by atoms with Crippen molar-refractivity contribution in [3.63, 3.8) is 0 Å². The Labute approximate surface area is 126 Å². The molecule has 0 aliphatic rings. The highest BCUT2D eigenvalue weighted by atomic mass is 19.1. The zero-order chi connectivity index (χ0) is 15.4. The average Bonchev–Trinajstić information content (AvgIpc) is 3.02. The monoisotopic (exact) mass is 296 g/mol. The molecule has 0 radical (unpaired) electrons. The Balaban J connectivity index is 1.68. The van der Waals surface area contributed by atoms with Gasteiger partial charge in [-0.15, -0.1) is 0 Å². The van der Waals surface area contributed by atoms with Gasteiger partial charge in [0.05, 0.1) is 12.1 Å². The number of hydrogen-bond acceptors (Lipinski definition) is 3. The van der Waals surface area contributed by atoms with Crippen LogP contribution in [-0.2, 0) is 6.54 Å². The number of nitrogens with one attached hydrogen (secondary N) is 1. The minimum Gasteiger partial charge on any atom is -0.322 e. The summed E-state index contributed by atoms with van der Waals surface area (Å²) in [7, 11) is 0. The van der Waals surface area contributed by atoms with E-state index < -0.39 is 11.7 Å². The van der Waals surface area contributed by atoms with Crippen LogP contribution in [0.5, 0.6) is 0 Å². The lowest BCUT2D eigenvalue weighted by Gasteiger charge is -2.07. The van der Waals surface area contributed by atoms with Crippen LogP contribution in [-0.4, -0.2) is 20.7 Å². The maximum Gasteiger partial charge on any atom is 0.258 e. The molecule has 0 aliphatic carbocycles. The van der Waals surface area contributed by atoms with Crippen LogP contribution < -0.4 is 5.32 Å². The van der Waals surface area contributed by atoms with Crippen molar-refractivity contribution in [3.8, 4) is 0 Å². The number of halogens is 1. The predicted molar refractivity (Wildman–Crippen MR) is 79.9 cm³/mol. The first-order chi connectivity index (χ1) is 10.7. The van der Waals surface area contributed by atoms with Crippen LogP contribution >= 0.6 is 0 Å². The van der Waals surface area contributed by atoms with Crippen molar-refractivity contribution in [1.82, 2.24) is 14.8 Å². The van der Waals surface area contributed by atoms with Gasteiger partial charge in [-0.05, 0) is 29.8 Å². The lowest BCUT2D eigenvalue weighted by Crippen LogP contribution is -2.13. The summed E-state index contributed by atoms with van der Waals surface area (Å²) in [5.41, 5.74) is 1.65. The van der Waals surface area contributed by atoms with Gasteiger partial charge < -0.3 is 5.32 Å². The molecule has 1 amide bonds. The van der Waals surface area contributed by atoms with E-state index in [9.17, 15) is 9.18 Å². The van der Waals surface area contributed by atoms with Crippen LogP contribution in [0.2, 0.25) is 0 Å². The lowest BCUT2D eigenvalue weighted by molar-refractivity contribution is 0.102. The van der Waals surface area contributed by atoms with Crippen LogP contribution in [0.4, 0.5) is 10.1 Å². The molecule has 5 nitrogen and oxygen atoms in total.